The number of likely N-dealkylation sites (N-methyl/N-ethyl adjacent to an activating group) is 1. The van der Waals surface area contributed by atoms with Crippen molar-refractivity contribution in [3.63, 3.8) is 0 Å². The largest absolute Gasteiger partial charge is 0.390 e. The molecule has 0 amide bonds. The van der Waals surface area contributed by atoms with E-state index in [2.05, 4.69) is 38.7 Å². The monoisotopic (exact) mass is 242 g/mol. The maximum Gasteiger partial charge on any atom is 0.213 e. The van der Waals surface area contributed by atoms with E-state index in [1.807, 2.05) is 0 Å². The number of hydrogen-bond acceptors (Lipinski definition) is 6. The minimum atomic E-state index is -0.333. The van der Waals surface area contributed by atoms with Crippen LogP contribution in [-0.2, 0) is 6.42 Å². The summed E-state index contributed by atoms with van der Waals surface area (Å²) >= 11 is 0. The molecule has 6 heteroatoms. The van der Waals surface area contributed by atoms with Crippen molar-refractivity contribution in [2.24, 2.45) is 0 Å². The van der Waals surface area contributed by atoms with Gasteiger partial charge in [-0.15, -0.1) is 0 Å². The van der Waals surface area contributed by atoms with E-state index in [1.54, 1.807) is 0 Å². The van der Waals surface area contributed by atoms with Gasteiger partial charge >= 0.3 is 0 Å². The Bertz CT molecular complexity index is 275. The summed E-state index contributed by atoms with van der Waals surface area (Å²) in [6.07, 6.45) is 1.71. The molecule has 0 aliphatic carbocycles. The number of nitrogens with zero attached hydrogens (tertiary/aromatic N) is 3. The van der Waals surface area contributed by atoms with Crippen LogP contribution in [0.15, 0.2) is 10.9 Å². The molecule has 1 atom stereocenters. The van der Waals surface area contributed by atoms with Crippen molar-refractivity contribution in [3.05, 3.63) is 12.2 Å². The summed E-state index contributed by atoms with van der Waals surface area (Å²) in [5, 5.41) is 16.7. The van der Waals surface area contributed by atoms with Gasteiger partial charge in [0.05, 0.1) is 6.10 Å². The molecule has 2 N–H and O–H groups in total. The number of aromatic nitrogens is 2. The second-order valence-electron chi connectivity index (χ2n) is 3.94. The van der Waals surface area contributed by atoms with E-state index in [0.717, 1.165) is 19.6 Å². The van der Waals surface area contributed by atoms with Crippen LogP contribution < -0.4 is 5.32 Å². The first kappa shape index (κ1) is 14.1. The average molecular weight is 242 g/mol. The van der Waals surface area contributed by atoms with Gasteiger partial charge in [-0.05, 0) is 13.1 Å². The van der Waals surface area contributed by atoms with E-state index in [4.69, 9.17) is 0 Å². The highest BCUT2D eigenvalue weighted by Gasteiger charge is 2.08. The Hall–Kier alpha value is -0.980. The molecule has 1 aromatic heterocycles. The zero-order valence-corrected chi connectivity index (χ0v) is 10.6. The molecule has 0 spiro atoms. The van der Waals surface area contributed by atoms with Crippen molar-refractivity contribution in [3.8, 4) is 0 Å². The molecule has 1 rings (SSSR count). The third-order valence-corrected chi connectivity index (χ3v) is 2.68. The van der Waals surface area contributed by atoms with Crippen LogP contribution in [0.5, 0.6) is 0 Å². The fraction of sp³-hybridized carbons (Fsp3) is 0.818. The van der Waals surface area contributed by atoms with Crippen LogP contribution in [0.2, 0.25) is 0 Å². The van der Waals surface area contributed by atoms with Crippen molar-refractivity contribution < 1.29 is 9.63 Å². The molecule has 0 saturated carbocycles. The molecule has 1 aromatic rings. The van der Waals surface area contributed by atoms with Gasteiger partial charge in [-0.2, -0.15) is 4.98 Å². The summed E-state index contributed by atoms with van der Waals surface area (Å²) in [4.78, 5) is 6.12. The molecule has 0 bridgehead atoms. The molecule has 0 saturated heterocycles. The fourth-order valence-corrected chi connectivity index (χ4v) is 1.62. The first-order chi connectivity index (χ1) is 8.26. The predicted octanol–water partition coefficient (Wildman–Crippen LogP) is -0.0956. The molecule has 0 radical (unpaired) electrons. The fourth-order valence-electron chi connectivity index (χ4n) is 1.62. The summed E-state index contributed by atoms with van der Waals surface area (Å²) < 4.78 is 4.63. The van der Waals surface area contributed by atoms with Crippen LogP contribution in [0.4, 0.5) is 0 Å². The number of aliphatic hydroxyl groups is 1. The lowest BCUT2D eigenvalue weighted by Crippen LogP contribution is -2.38. The van der Waals surface area contributed by atoms with Crippen LogP contribution in [0.3, 0.4) is 0 Å². The van der Waals surface area contributed by atoms with Crippen LogP contribution >= 0.6 is 0 Å². The van der Waals surface area contributed by atoms with Gasteiger partial charge in [0, 0.05) is 26.1 Å². The second-order valence-corrected chi connectivity index (χ2v) is 3.94. The number of aliphatic hydroxyl groups excluding tert-OH is 1. The second kappa shape index (κ2) is 8.16. The summed E-state index contributed by atoms with van der Waals surface area (Å²) in [6, 6.07) is 0. The van der Waals surface area contributed by atoms with E-state index in [0.29, 0.717) is 25.3 Å². The lowest BCUT2D eigenvalue weighted by molar-refractivity contribution is 0.117. The maximum atomic E-state index is 9.79. The topological polar surface area (TPSA) is 74.4 Å². The Morgan fingerprint density at radius 1 is 1.47 bits per heavy atom. The maximum absolute atomic E-state index is 9.79. The molecule has 17 heavy (non-hydrogen) atoms. The van der Waals surface area contributed by atoms with Gasteiger partial charge in [-0.25, -0.2) is 0 Å². The smallest absolute Gasteiger partial charge is 0.213 e. The molecule has 0 aliphatic rings. The van der Waals surface area contributed by atoms with E-state index in [-0.39, 0.29) is 6.10 Å². The molecule has 1 unspecified atom stereocenters. The molecular formula is C11H22N4O2. The minimum absolute atomic E-state index is 0.333. The lowest BCUT2D eigenvalue weighted by atomic mass is 10.3. The van der Waals surface area contributed by atoms with Gasteiger partial charge in [-0.3, -0.25) is 0 Å². The van der Waals surface area contributed by atoms with E-state index >= 15 is 0 Å². The third kappa shape index (κ3) is 5.76. The summed E-state index contributed by atoms with van der Waals surface area (Å²) in [7, 11) is 0. The number of rotatable bonds is 9. The lowest BCUT2D eigenvalue weighted by Gasteiger charge is -2.21. The molecule has 0 aromatic carbocycles. The van der Waals surface area contributed by atoms with Crippen LogP contribution in [0.1, 0.15) is 19.7 Å². The first-order valence-electron chi connectivity index (χ1n) is 6.12. The molecule has 6 nitrogen and oxygen atoms in total. The first-order valence-corrected chi connectivity index (χ1v) is 6.12. The van der Waals surface area contributed by atoms with Crippen molar-refractivity contribution in [2.75, 3.05) is 32.7 Å². The molecule has 98 valence electrons. The van der Waals surface area contributed by atoms with Gasteiger partial charge in [-0.1, -0.05) is 19.0 Å². The Kier molecular flexibility index (Phi) is 6.76. The predicted molar refractivity (Wildman–Crippen MR) is 64.7 cm³/mol. The van der Waals surface area contributed by atoms with Crippen molar-refractivity contribution in [2.45, 2.75) is 26.4 Å². The molecule has 0 aliphatic heterocycles. The Balaban J connectivity index is 2.05. The quantitative estimate of drug-likeness (QED) is 0.589. The molecular weight excluding hydrogens is 220 g/mol. The van der Waals surface area contributed by atoms with Gasteiger partial charge in [0.25, 0.3) is 0 Å². The Morgan fingerprint density at radius 3 is 2.82 bits per heavy atom. The zero-order chi connectivity index (χ0) is 12.5. The highest BCUT2D eigenvalue weighted by molar-refractivity contribution is 4.78. The highest BCUT2D eigenvalue weighted by atomic mass is 16.5. The van der Waals surface area contributed by atoms with Crippen molar-refractivity contribution in [1.29, 1.82) is 0 Å². The van der Waals surface area contributed by atoms with E-state index in [9.17, 15) is 5.11 Å². The van der Waals surface area contributed by atoms with Gasteiger partial charge < -0.3 is 19.8 Å². The molecule has 1 heterocycles. The van der Waals surface area contributed by atoms with E-state index < -0.39 is 0 Å². The highest BCUT2D eigenvalue weighted by Crippen LogP contribution is 1.92. The Morgan fingerprint density at radius 2 is 2.24 bits per heavy atom. The van der Waals surface area contributed by atoms with Gasteiger partial charge in [0.15, 0.2) is 5.82 Å². The van der Waals surface area contributed by atoms with Crippen LogP contribution in [0, 0.1) is 0 Å². The summed E-state index contributed by atoms with van der Waals surface area (Å²) in [5.41, 5.74) is 0. The van der Waals surface area contributed by atoms with Crippen LogP contribution in [0.25, 0.3) is 0 Å². The SMILES string of the molecule is CCN(CC)CC(O)CNCCc1ncon1. The summed E-state index contributed by atoms with van der Waals surface area (Å²) in [6.45, 7) is 8.18. The van der Waals surface area contributed by atoms with E-state index in [1.165, 1.54) is 6.39 Å². The standard InChI is InChI=1S/C11H22N4O2/c1-3-15(4-2)8-10(16)7-12-6-5-11-13-9-17-14-11/h9-10,12,16H,3-8H2,1-2H3. The third-order valence-electron chi connectivity index (χ3n) is 2.68. The summed E-state index contributed by atoms with van der Waals surface area (Å²) in [5.74, 6) is 0.690. The van der Waals surface area contributed by atoms with Crippen molar-refractivity contribution in [1.82, 2.24) is 20.4 Å². The average Bonchev–Trinajstić information content (AvgIpc) is 2.84. The Labute approximate surface area is 102 Å². The number of hydrogen-bond donors (Lipinski definition) is 2. The minimum Gasteiger partial charge on any atom is -0.390 e. The van der Waals surface area contributed by atoms with Gasteiger partial charge in [0.1, 0.15) is 0 Å². The number of nitrogens with one attached hydrogen (secondary N) is 1. The normalized spacial score (nSPS) is 13.2. The molecule has 0 fully saturated rings. The van der Waals surface area contributed by atoms with Gasteiger partial charge in [0.2, 0.25) is 6.39 Å². The van der Waals surface area contributed by atoms with Crippen molar-refractivity contribution >= 4 is 0 Å². The zero-order valence-electron chi connectivity index (χ0n) is 10.6. The van der Waals surface area contributed by atoms with Crippen LogP contribution in [-0.4, -0.2) is 59.0 Å².